The zero-order chi connectivity index (χ0) is 14.7. The van der Waals surface area contributed by atoms with Crippen LogP contribution in [-0.2, 0) is 6.54 Å². The molecular weight excluding hydrogens is 267 g/mol. The monoisotopic (exact) mass is 288 g/mol. The lowest BCUT2D eigenvalue weighted by Gasteiger charge is -2.26. The predicted molar refractivity (Wildman–Crippen MR) is 81.2 cm³/mol. The van der Waals surface area contributed by atoms with Gasteiger partial charge < -0.3 is 15.5 Å². The lowest BCUT2D eigenvalue weighted by molar-refractivity contribution is 0.332. The maximum atomic E-state index is 12.9. The summed E-state index contributed by atoms with van der Waals surface area (Å²) in [7, 11) is 0. The summed E-state index contributed by atoms with van der Waals surface area (Å²) in [5, 5.41) is 3.52. The molecule has 1 aliphatic carbocycles. The Morgan fingerprint density at radius 3 is 2.48 bits per heavy atom. The van der Waals surface area contributed by atoms with Gasteiger partial charge in [0.1, 0.15) is 17.3 Å². The number of nitrogens with two attached hydrogens (primary N) is 1. The van der Waals surface area contributed by atoms with E-state index in [1.807, 2.05) is 12.1 Å². The van der Waals surface area contributed by atoms with Crippen LogP contribution in [0.4, 0.5) is 4.39 Å². The lowest BCUT2D eigenvalue weighted by atomic mass is 9.92. The smallest absolute Gasteiger partial charge is 0.134 e. The summed E-state index contributed by atoms with van der Waals surface area (Å²) in [6.45, 7) is 0.723. The predicted octanol–water partition coefficient (Wildman–Crippen LogP) is 3.45. The third-order valence-electron chi connectivity index (χ3n) is 4.13. The van der Waals surface area contributed by atoms with Crippen LogP contribution in [0.3, 0.4) is 0 Å². The Kier molecular flexibility index (Phi) is 4.36. The number of benzene rings is 1. The van der Waals surface area contributed by atoms with E-state index < -0.39 is 0 Å². The van der Waals surface area contributed by atoms with Gasteiger partial charge in [0.25, 0.3) is 0 Å². The number of hydrogen-bond acceptors (Lipinski definition) is 3. The Hall–Kier alpha value is -1.65. The molecule has 1 aliphatic rings. The van der Waals surface area contributed by atoms with Crippen molar-refractivity contribution in [2.75, 3.05) is 0 Å². The molecule has 0 saturated heterocycles. The topological polar surface area (TPSA) is 51.2 Å². The average Bonchev–Trinajstić information content (AvgIpc) is 2.96. The summed E-state index contributed by atoms with van der Waals surface area (Å²) in [4.78, 5) is 0. The van der Waals surface area contributed by atoms with E-state index in [4.69, 9.17) is 10.2 Å². The zero-order valence-corrected chi connectivity index (χ0v) is 12.0. The molecule has 0 spiro atoms. The highest BCUT2D eigenvalue weighted by molar-refractivity contribution is 5.57. The van der Waals surface area contributed by atoms with Gasteiger partial charge >= 0.3 is 0 Å². The van der Waals surface area contributed by atoms with E-state index in [0.29, 0.717) is 12.1 Å². The number of halogens is 1. The molecule has 1 aromatic carbocycles. The van der Waals surface area contributed by atoms with Crippen molar-refractivity contribution in [2.45, 2.75) is 44.3 Å². The number of furan rings is 1. The fraction of sp³-hybridized carbons (Fsp3) is 0.412. The minimum Gasteiger partial charge on any atom is -0.460 e. The first-order chi connectivity index (χ1) is 10.2. The van der Waals surface area contributed by atoms with Crippen LogP contribution in [0.2, 0.25) is 0 Å². The molecule has 0 unspecified atom stereocenters. The van der Waals surface area contributed by atoms with Crippen LogP contribution in [0.25, 0.3) is 11.3 Å². The maximum Gasteiger partial charge on any atom is 0.134 e. The average molecular weight is 288 g/mol. The fourth-order valence-electron chi connectivity index (χ4n) is 2.81. The Morgan fingerprint density at radius 2 is 1.76 bits per heavy atom. The van der Waals surface area contributed by atoms with Crippen molar-refractivity contribution in [3.05, 3.63) is 48.0 Å². The van der Waals surface area contributed by atoms with Crippen LogP contribution >= 0.6 is 0 Å². The summed E-state index contributed by atoms with van der Waals surface area (Å²) in [6, 6.07) is 11.2. The molecule has 1 aromatic heterocycles. The van der Waals surface area contributed by atoms with E-state index >= 15 is 0 Å². The summed E-state index contributed by atoms with van der Waals surface area (Å²) >= 11 is 0. The van der Waals surface area contributed by atoms with E-state index in [9.17, 15) is 4.39 Å². The Morgan fingerprint density at radius 1 is 1.05 bits per heavy atom. The zero-order valence-electron chi connectivity index (χ0n) is 12.0. The van der Waals surface area contributed by atoms with Crippen LogP contribution < -0.4 is 11.1 Å². The molecule has 0 amide bonds. The quantitative estimate of drug-likeness (QED) is 0.906. The molecule has 0 aliphatic heterocycles. The van der Waals surface area contributed by atoms with E-state index in [2.05, 4.69) is 5.32 Å². The van der Waals surface area contributed by atoms with Crippen molar-refractivity contribution in [1.29, 1.82) is 0 Å². The first-order valence-electron chi connectivity index (χ1n) is 7.54. The first-order valence-corrected chi connectivity index (χ1v) is 7.54. The minimum absolute atomic E-state index is 0.234. The van der Waals surface area contributed by atoms with Gasteiger partial charge in [-0.1, -0.05) is 0 Å². The van der Waals surface area contributed by atoms with Gasteiger partial charge in [-0.3, -0.25) is 0 Å². The second-order valence-corrected chi connectivity index (χ2v) is 5.77. The van der Waals surface area contributed by atoms with Crippen molar-refractivity contribution in [3.63, 3.8) is 0 Å². The normalized spacial score (nSPS) is 22.4. The highest BCUT2D eigenvalue weighted by atomic mass is 19.1. The van der Waals surface area contributed by atoms with Gasteiger partial charge in [0, 0.05) is 17.6 Å². The van der Waals surface area contributed by atoms with Crippen LogP contribution in [0.15, 0.2) is 40.8 Å². The third kappa shape index (κ3) is 3.71. The molecule has 4 heteroatoms. The maximum absolute atomic E-state index is 12.9. The van der Waals surface area contributed by atoms with Gasteiger partial charge in [0.2, 0.25) is 0 Å². The summed E-state index contributed by atoms with van der Waals surface area (Å²) < 4.78 is 18.7. The molecule has 3 nitrogen and oxygen atoms in total. The number of hydrogen-bond donors (Lipinski definition) is 2. The second-order valence-electron chi connectivity index (χ2n) is 5.77. The molecule has 1 heterocycles. The number of rotatable bonds is 4. The highest BCUT2D eigenvalue weighted by Gasteiger charge is 2.18. The van der Waals surface area contributed by atoms with Gasteiger partial charge in [-0.05, 0) is 62.1 Å². The SMILES string of the molecule is NC1CCC(NCc2ccc(-c3ccc(F)cc3)o2)CC1. The Labute approximate surface area is 124 Å². The molecule has 3 N–H and O–H groups in total. The van der Waals surface area contributed by atoms with Gasteiger partial charge in [-0.25, -0.2) is 4.39 Å². The molecule has 1 fully saturated rings. The van der Waals surface area contributed by atoms with Gasteiger partial charge in [0.05, 0.1) is 6.54 Å². The first kappa shape index (κ1) is 14.3. The third-order valence-corrected chi connectivity index (χ3v) is 4.13. The van der Waals surface area contributed by atoms with E-state index in [-0.39, 0.29) is 5.82 Å². The van der Waals surface area contributed by atoms with E-state index in [1.165, 1.54) is 12.1 Å². The minimum atomic E-state index is -0.234. The second kappa shape index (κ2) is 6.41. The molecule has 3 rings (SSSR count). The molecule has 0 atom stereocenters. The van der Waals surface area contributed by atoms with Crippen molar-refractivity contribution < 1.29 is 8.81 Å². The molecule has 1 saturated carbocycles. The fourth-order valence-corrected chi connectivity index (χ4v) is 2.81. The van der Waals surface area contributed by atoms with E-state index in [0.717, 1.165) is 49.3 Å². The van der Waals surface area contributed by atoms with Crippen LogP contribution in [0, 0.1) is 5.82 Å². The molecule has 0 radical (unpaired) electrons. The Balaban J connectivity index is 1.56. The summed E-state index contributed by atoms with van der Waals surface area (Å²) in [5.74, 6) is 1.45. The molecule has 112 valence electrons. The summed E-state index contributed by atoms with van der Waals surface area (Å²) in [5.41, 5.74) is 6.80. The van der Waals surface area contributed by atoms with Crippen LogP contribution in [0.5, 0.6) is 0 Å². The van der Waals surface area contributed by atoms with Crippen molar-refractivity contribution in [3.8, 4) is 11.3 Å². The lowest BCUT2D eigenvalue weighted by Crippen LogP contribution is -2.36. The van der Waals surface area contributed by atoms with Crippen molar-refractivity contribution >= 4 is 0 Å². The van der Waals surface area contributed by atoms with Crippen LogP contribution in [-0.4, -0.2) is 12.1 Å². The van der Waals surface area contributed by atoms with Gasteiger partial charge in [0.15, 0.2) is 0 Å². The molecule has 0 bridgehead atoms. The van der Waals surface area contributed by atoms with Crippen molar-refractivity contribution in [1.82, 2.24) is 5.32 Å². The van der Waals surface area contributed by atoms with E-state index in [1.54, 1.807) is 12.1 Å². The highest BCUT2D eigenvalue weighted by Crippen LogP contribution is 2.23. The largest absolute Gasteiger partial charge is 0.460 e. The molecular formula is C17H21FN2O. The molecule has 2 aromatic rings. The van der Waals surface area contributed by atoms with Crippen LogP contribution in [0.1, 0.15) is 31.4 Å². The summed E-state index contributed by atoms with van der Waals surface area (Å²) in [6.07, 6.45) is 4.45. The standard InChI is InChI=1S/C17H21FN2O/c18-13-3-1-12(2-4-13)17-10-9-16(21-17)11-20-15-7-5-14(19)6-8-15/h1-4,9-10,14-15,20H,5-8,11,19H2. The van der Waals surface area contributed by atoms with Crippen molar-refractivity contribution in [2.24, 2.45) is 5.73 Å². The van der Waals surface area contributed by atoms with Gasteiger partial charge in [-0.2, -0.15) is 0 Å². The van der Waals surface area contributed by atoms with Gasteiger partial charge in [-0.15, -0.1) is 0 Å². The molecule has 21 heavy (non-hydrogen) atoms. The Bertz CT molecular complexity index is 571. The number of nitrogens with one attached hydrogen (secondary N) is 1.